The highest BCUT2D eigenvalue weighted by Crippen LogP contribution is 2.30. The van der Waals surface area contributed by atoms with E-state index >= 15 is 0 Å². The number of carbonyl (C=O) groups is 1. The summed E-state index contributed by atoms with van der Waals surface area (Å²) in [5, 5.41) is 2.79. The summed E-state index contributed by atoms with van der Waals surface area (Å²) in [6.07, 6.45) is -3.54. The summed E-state index contributed by atoms with van der Waals surface area (Å²) < 4.78 is 41.8. The van der Waals surface area contributed by atoms with Crippen molar-refractivity contribution in [3.8, 4) is 5.75 Å². The summed E-state index contributed by atoms with van der Waals surface area (Å²) in [6.45, 7) is 1.55. The van der Waals surface area contributed by atoms with Gasteiger partial charge in [0.1, 0.15) is 10.9 Å². The van der Waals surface area contributed by atoms with Crippen LogP contribution in [0.3, 0.4) is 0 Å². The first-order valence-corrected chi connectivity index (χ1v) is 7.81. The predicted molar refractivity (Wildman–Crippen MR) is 86.0 cm³/mol. The second-order valence-corrected chi connectivity index (χ2v) is 5.99. The van der Waals surface area contributed by atoms with Crippen LogP contribution in [0.4, 0.5) is 13.2 Å². The summed E-state index contributed by atoms with van der Waals surface area (Å²) in [6, 6.07) is 6.36. The van der Waals surface area contributed by atoms with Gasteiger partial charge in [0.15, 0.2) is 0 Å². The molecule has 2 aromatic rings. The normalized spacial score (nSPS) is 12.6. The van der Waals surface area contributed by atoms with Crippen LogP contribution in [0.25, 0.3) is 0 Å². The number of hydrogen-bond donors (Lipinski definition) is 1. The van der Waals surface area contributed by atoms with Crippen LogP contribution < -0.4 is 10.1 Å². The highest BCUT2D eigenvalue weighted by Gasteiger charge is 2.32. The standard InChI is InChI=1S/C15H11BrClF3N2O2/c1-8(10-4-2-3-5-12(10)24-15(18,19)20)22-14(23)9-6-11(16)13(17)21-7-9/h2-8H,1H3,(H,22,23). The molecule has 0 aliphatic carbocycles. The number of benzene rings is 1. The smallest absolute Gasteiger partial charge is 0.405 e. The van der Waals surface area contributed by atoms with Gasteiger partial charge in [0.05, 0.1) is 16.1 Å². The molecule has 0 fully saturated rings. The van der Waals surface area contributed by atoms with Crippen molar-refractivity contribution in [1.29, 1.82) is 0 Å². The van der Waals surface area contributed by atoms with Crippen LogP contribution in [0.5, 0.6) is 5.75 Å². The number of aromatic nitrogens is 1. The summed E-state index contributed by atoms with van der Waals surface area (Å²) in [7, 11) is 0. The monoisotopic (exact) mass is 422 g/mol. The molecule has 0 spiro atoms. The SMILES string of the molecule is CC(NC(=O)c1cnc(Cl)c(Br)c1)c1ccccc1OC(F)(F)F. The van der Waals surface area contributed by atoms with Crippen LogP contribution in [0.1, 0.15) is 28.9 Å². The molecule has 0 saturated carbocycles. The van der Waals surface area contributed by atoms with Crippen molar-refractivity contribution >= 4 is 33.4 Å². The van der Waals surface area contributed by atoms with Crippen molar-refractivity contribution in [2.24, 2.45) is 0 Å². The Bertz CT molecular complexity index is 756. The molecule has 0 radical (unpaired) electrons. The molecule has 128 valence electrons. The van der Waals surface area contributed by atoms with Crippen molar-refractivity contribution in [1.82, 2.24) is 10.3 Å². The molecule has 1 aromatic heterocycles. The van der Waals surface area contributed by atoms with Gasteiger partial charge in [0, 0.05) is 11.8 Å². The van der Waals surface area contributed by atoms with E-state index in [9.17, 15) is 18.0 Å². The molecule has 0 saturated heterocycles. The molecular formula is C15H11BrClF3N2O2. The Morgan fingerprint density at radius 2 is 2.04 bits per heavy atom. The van der Waals surface area contributed by atoms with Gasteiger partial charge >= 0.3 is 6.36 Å². The molecule has 1 atom stereocenters. The van der Waals surface area contributed by atoms with Crippen molar-refractivity contribution in [3.05, 3.63) is 57.3 Å². The average molecular weight is 424 g/mol. The van der Waals surface area contributed by atoms with E-state index in [-0.39, 0.29) is 22.0 Å². The molecule has 1 heterocycles. The number of ether oxygens (including phenoxy) is 1. The average Bonchev–Trinajstić information content (AvgIpc) is 2.48. The number of nitrogens with zero attached hydrogens (tertiary/aromatic N) is 1. The van der Waals surface area contributed by atoms with E-state index in [0.717, 1.165) is 0 Å². The molecule has 1 amide bonds. The minimum absolute atomic E-state index is 0.198. The fourth-order valence-corrected chi connectivity index (χ4v) is 2.41. The molecule has 9 heteroatoms. The van der Waals surface area contributed by atoms with E-state index in [2.05, 4.69) is 31.0 Å². The minimum atomic E-state index is -4.81. The van der Waals surface area contributed by atoms with E-state index in [4.69, 9.17) is 11.6 Å². The van der Waals surface area contributed by atoms with Crippen molar-refractivity contribution in [2.75, 3.05) is 0 Å². The number of nitrogens with one attached hydrogen (secondary N) is 1. The molecule has 1 aromatic carbocycles. The largest absolute Gasteiger partial charge is 0.573 e. The van der Waals surface area contributed by atoms with Gasteiger partial charge in [-0.3, -0.25) is 4.79 Å². The Labute approximate surface area is 149 Å². The van der Waals surface area contributed by atoms with Crippen LogP contribution in [-0.4, -0.2) is 17.3 Å². The maximum absolute atomic E-state index is 12.5. The number of carbonyl (C=O) groups excluding carboxylic acids is 1. The Morgan fingerprint density at radius 3 is 2.67 bits per heavy atom. The zero-order chi connectivity index (χ0) is 17.9. The molecular weight excluding hydrogens is 413 g/mol. The number of pyridine rings is 1. The molecule has 1 N–H and O–H groups in total. The zero-order valence-corrected chi connectivity index (χ0v) is 14.5. The lowest BCUT2D eigenvalue weighted by atomic mass is 10.1. The summed E-state index contributed by atoms with van der Waals surface area (Å²) in [5.41, 5.74) is 0.413. The lowest BCUT2D eigenvalue weighted by molar-refractivity contribution is -0.275. The third-order valence-electron chi connectivity index (χ3n) is 3.02. The Balaban J connectivity index is 2.19. The molecule has 0 bridgehead atoms. The number of alkyl halides is 3. The summed E-state index contributed by atoms with van der Waals surface area (Å²) >= 11 is 8.91. The topological polar surface area (TPSA) is 51.2 Å². The van der Waals surface area contributed by atoms with Gasteiger partial charge in [-0.05, 0) is 35.0 Å². The number of hydrogen-bond acceptors (Lipinski definition) is 3. The second-order valence-electron chi connectivity index (χ2n) is 4.78. The zero-order valence-electron chi connectivity index (χ0n) is 12.2. The first kappa shape index (κ1) is 18.5. The van der Waals surface area contributed by atoms with Crippen molar-refractivity contribution in [2.45, 2.75) is 19.3 Å². The number of rotatable bonds is 4. The van der Waals surface area contributed by atoms with Crippen LogP contribution in [-0.2, 0) is 0 Å². The van der Waals surface area contributed by atoms with Gasteiger partial charge < -0.3 is 10.1 Å². The molecule has 4 nitrogen and oxygen atoms in total. The van der Waals surface area contributed by atoms with E-state index in [0.29, 0.717) is 4.47 Å². The quantitative estimate of drug-likeness (QED) is 0.713. The van der Waals surface area contributed by atoms with Crippen LogP contribution in [0, 0.1) is 0 Å². The summed E-state index contributed by atoms with van der Waals surface area (Å²) in [5.74, 6) is -0.873. The van der Waals surface area contributed by atoms with Crippen molar-refractivity contribution in [3.63, 3.8) is 0 Å². The minimum Gasteiger partial charge on any atom is -0.405 e. The predicted octanol–water partition coefficient (Wildman–Crippen LogP) is 4.89. The van der Waals surface area contributed by atoms with Gasteiger partial charge in [-0.1, -0.05) is 29.8 Å². The highest BCUT2D eigenvalue weighted by atomic mass is 79.9. The Morgan fingerprint density at radius 1 is 1.38 bits per heavy atom. The van der Waals surface area contributed by atoms with E-state index < -0.39 is 18.3 Å². The van der Waals surface area contributed by atoms with Crippen LogP contribution in [0.15, 0.2) is 41.0 Å². The van der Waals surface area contributed by atoms with E-state index in [1.807, 2.05) is 0 Å². The molecule has 0 aliphatic heterocycles. The van der Waals surface area contributed by atoms with E-state index in [1.165, 1.54) is 30.5 Å². The first-order valence-electron chi connectivity index (χ1n) is 6.64. The van der Waals surface area contributed by atoms with Gasteiger partial charge in [-0.15, -0.1) is 13.2 Å². The third-order valence-corrected chi connectivity index (χ3v) is 4.15. The Kier molecular flexibility index (Phi) is 5.71. The van der Waals surface area contributed by atoms with Gasteiger partial charge in [0.2, 0.25) is 0 Å². The summed E-state index contributed by atoms with van der Waals surface area (Å²) in [4.78, 5) is 16.0. The first-order chi connectivity index (χ1) is 11.2. The van der Waals surface area contributed by atoms with Crippen molar-refractivity contribution < 1.29 is 22.7 Å². The molecule has 24 heavy (non-hydrogen) atoms. The fourth-order valence-electron chi connectivity index (χ4n) is 1.96. The maximum Gasteiger partial charge on any atom is 0.573 e. The maximum atomic E-state index is 12.5. The van der Waals surface area contributed by atoms with Gasteiger partial charge in [-0.25, -0.2) is 4.98 Å². The molecule has 2 rings (SSSR count). The van der Waals surface area contributed by atoms with E-state index in [1.54, 1.807) is 13.0 Å². The number of para-hydroxylation sites is 1. The third kappa shape index (κ3) is 4.85. The van der Waals surface area contributed by atoms with Crippen LogP contribution in [0.2, 0.25) is 5.15 Å². The lowest BCUT2D eigenvalue weighted by Gasteiger charge is -2.19. The van der Waals surface area contributed by atoms with Crippen LogP contribution >= 0.6 is 27.5 Å². The highest BCUT2D eigenvalue weighted by molar-refractivity contribution is 9.10. The lowest BCUT2D eigenvalue weighted by Crippen LogP contribution is -2.28. The number of amides is 1. The van der Waals surface area contributed by atoms with Gasteiger partial charge in [-0.2, -0.15) is 0 Å². The Hall–Kier alpha value is -1.80. The molecule has 0 aliphatic rings. The van der Waals surface area contributed by atoms with Gasteiger partial charge in [0.25, 0.3) is 5.91 Å². The molecule has 1 unspecified atom stereocenters. The second kappa shape index (κ2) is 7.40. The number of halogens is 5. The fraction of sp³-hybridized carbons (Fsp3) is 0.200.